The molecular formula is C14H12ClNO. The van der Waals surface area contributed by atoms with Gasteiger partial charge >= 0.3 is 0 Å². The fraction of sp³-hybridized carbons (Fsp3) is 0.143. The molecule has 17 heavy (non-hydrogen) atoms. The van der Waals surface area contributed by atoms with Crippen LogP contribution >= 0.6 is 11.6 Å². The number of aldehydes is 1. The molecule has 0 aliphatic rings. The quantitative estimate of drug-likeness (QED) is 0.609. The van der Waals surface area contributed by atoms with Crippen molar-refractivity contribution >= 4 is 17.9 Å². The topological polar surface area (TPSA) is 30.0 Å². The monoisotopic (exact) mass is 245 g/mol. The van der Waals surface area contributed by atoms with Crippen LogP contribution in [0.15, 0.2) is 42.5 Å². The molecule has 0 unspecified atom stereocenters. The first-order valence-electron chi connectivity index (χ1n) is 5.46. The van der Waals surface area contributed by atoms with E-state index in [4.69, 9.17) is 11.6 Å². The Kier molecular flexibility index (Phi) is 3.89. The molecule has 0 amide bonds. The summed E-state index contributed by atoms with van der Waals surface area (Å²) in [4.78, 5) is 14.6. The molecule has 0 saturated heterocycles. The molecule has 0 aliphatic heterocycles. The van der Waals surface area contributed by atoms with Crippen molar-refractivity contribution in [3.05, 3.63) is 53.3 Å². The zero-order chi connectivity index (χ0) is 12.1. The largest absolute Gasteiger partial charge is 0.303 e. The van der Waals surface area contributed by atoms with E-state index in [1.54, 1.807) is 0 Å². The minimum absolute atomic E-state index is 0.480. The first-order chi connectivity index (χ1) is 8.31. The summed E-state index contributed by atoms with van der Waals surface area (Å²) in [6.45, 7) is 0. The van der Waals surface area contributed by atoms with Crippen molar-refractivity contribution in [2.75, 3.05) is 0 Å². The Bertz CT molecular complexity index is 511. The van der Waals surface area contributed by atoms with Gasteiger partial charge in [-0.2, -0.15) is 0 Å². The molecule has 0 atom stereocenters. The number of rotatable bonds is 4. The number of aromatic nitrogens is 1. The Morgan fingerprint density at radius 1 is 1.12 bits per heavy atom. The molecular weight excluding hydrogens is 234 g/mol. The standard InChI is InChI=1S/C14H12ClNO/c15-14-13(11-5-2-1-3-6-11)9-8-12(16-14)7-4-10-17/h1-3,5-6,8-10H,4,7H2. The maximum absolute atomic E-state index is 10.3. The minimum atomic E-state index is 0.480. The molecule has 0 fully saturated rings. The van der Waals surface area contributed by atoms with Gasteiger partial charge in [-0.1, -0.05) is 41.9 Å². The number of carbonyl (C=O) groups is 1. The van der Waals surface area contributed by atoms with Crippen molar-refractivity contribution in [3.63, 3.8) is 0 Å². The zero-order valence-electron chi connectivity index (χ0n) is 9.27. The van der Waals surface area contributed by atoms with Gasteiger partial charge in [0.25, 0.3) is 0 Å². The second kappa shape index (κ2) is 5.60. The highest BCUT2D eigenvalue weighted by Crippen LogP contribution is 2.26. The van der Waals surface area contributed by atoms with Gasteiger partial charge in [0, 0.05) is 17.7 Å². The van der Waals surface area contributed by atoms with Crippen molar-refractivity contribution in [1.29, 1.82) is 0 Å². The first-order valence-corrected chi connectivity index (χ1v) is 5.83. The van der Waals surface area contributed by atoms with Crippen LogP contribution in [-0.4, -0.2) is 11.3 Å². The smallest absolute Gasteiger partial charge is 0.137 e. The molecule has 0 radical (unpaired) electrons. The van der Waals surface area contributed by atoms with Crippen molar-refractivity contribution in [3.8, 4) is 11.1 Å². The maximum atomic E-state index is 10.3. The van der Waals surface area contributed by atoms with E-state index in [9.17, 15) is 4.79 Å². The third kappa shape index (κ3) is 2.92. The predicted octanol–water partition coefficient (Wildman–Crippen LogP) is 3.53. The fourth-order valence-corrected chi connectivity index (χ4v) is 1.93. The first kappa shape index (κ1) is 11.8. The molecule has 1 aromatic heterocycles. The van der Waals surface area contributed by atoms with Crippen molar-refractivity contribution < 1.29 is 4.79 Å². The van der Waals surface area contributed by atoms with Crippen LogP contribution in [0.5, 0.6) is 0 Å². The number of benzene rings is 1. The summed E-state index contributed by atoms with van der Waals surface area (Å²) in [6.07, 6.45) is 2.01. The van der Waals surface area contributed by atoms with Crippen molar-refractivity contribution in [2.45, 2.75) is 12.8 Å². The predicted molar refractivity (Wildman–Crippen MR) is 69.1 cm³/mol. The van der Waals surface area contributed by atoms with Gasteiger partial charge in [0.1, 0.15) is 11.4 Å². The van der Waals surface area contributed by atoms with Crippen LogP contribution in [0.25, 0.3) is 11.1 Å². The molecule has 0 N–H and O–H groups in total. The Morgan fingerprint density at radius 3 is 2.53 bits per heavy atom. The van der Waals surface area contributed by atoms with E-state index in [2.05, 4.69) is 4.98 Å². The van der Waals surface area contributed by atoms with Gasteiger partial charge < -0.3 is 4.79 Å². The van der Waals surface area contributed by atoms with Gasteiger partial charge in [-0.05, 0) is 24.1 Å². The highest BCUT2D eigenvalue weighted by molar-refractivity contribution is 6.32. The summed E-state index contributed by atoms with van der Waals surface area (Å²) in [6, 6.07) is 13.7. The molecule has 1 heterocycles. The van der Waals surface area contributed by atoms with Crippen LogP contribution in [0.1, 0.15) is 12.1 Å². The maximum Gasteiger partial charge on any atom is 0.137 e. The second-order valence-electron chi connectivity index (χ2n) is 3.71. The van der Waals surface area contributed by atoms with E-state index < -0.39 is 0 Å². The number of halogens is 1. The third-order valence-corrected chi connectivity index (χ3v) is 2.80. The van der Waals surface area contributed by atoms with Gasteiger partial charge in [0.15, 0.2) is 0 Å². The lowest BCUT2D eigenvalue weighted by atomic mass is 10.1. The molecule has 2 aromatic rings. The fourth-order valence-electron chi connectivity index (χ4n) is 1.65. The van der Waals surface area contributed by atoms with Gasteiger partial charge in [-0.25, -0.2) is 4.98 Å². The average Bonchev–Trinajstić information content (AvgIpc) is 2.37. The Morgan fingerprint density at radius 2 is 1.88 bits per heavy atom. The number of aryl methyl sites for hydroxylation is 1. The van der Waals surface area contributed by atoms with Crippen molar-refractivity contribution in [1.82, 2.24) is 4.98 Å². The lowest BCUT2D eigenvalue weighted by Crippen LogP contribution is -1.93. The highest BCUT2D eigenvalue weighted by Gasteiger charge is 2.05. The number of carbonyl (C=O) groups excluding carboxylic acids is 1. The van der Waals surface area contributed by atoms with E-state index in [1.807, 2.05) is 42.5 Å². The number of hydrogen-bond donors (Lipinski definition) is 0. The number of pyridine rings is 1. The molecule has 0 aliphatic carbocycles. The summed E-state index contributed by atoms with van der Waals surface area (Å²) in [5.41, 5.74) is 2.82. The SMILES string of the molecule is O=CCCc1ccc(-c2ccccc2)c(Cl)n1. The molecule has 2 nitrogen and oxygen atoms in total. The van der Waals surface area contributed by atoms with E-state index >= 15 is 0 Å². The van der Waals surface area contributed by atoms with E-state index in [-0.39, 0.29) is 0 Å². The van der Waals surface area contributed by atoms with E-state index in [1.165, 1.54) is 0 Å². The molecule has 0 saturated carbocycles. The minimum Gasteiger partial charge on any atom is -0.303 e. The van der Waals surface area contributed by atoms with Crippen LogP contribution in [-0.2, 0) is 11.2 Å². The summed E-state index contributed by atoms with van der Waals surface area (Å²) in [5, 5.41) is 0.486. The second-order valence-corrected chi connectivity index (χ2v) is 4.07. The van der Waals surface area contributed by atoms with Crippen LogP contribution in [0.4, 0.5) is 0 Å². The molecule has 2 rings (SSSR count). The van der Waals surface area contributed by atoms with E-state index in [0.717, 1.165) is 23.1 Å². The van der Waals surface area contributed by atoms with Crippen LogP contribution < -0.4 is 0 Å². The average molecular weight is 246 g/mol. The van der Waals surface area contributed by atoms with Gasteiger partial charge in [-0.15, -0.1) is 0 Å². The third-order valence-electron chi connectivity index (χ3n) is 2.51. The Balaban J connectivity index is 2.29. The molecule has 86 valence electrons. The molecule has 0 bridgehead atoms. The van der Waals surface area contributed by atoms with Crippen LogP contribution in [0, 0.1) is 0 Å². The summed E-state index contributed by atoms with van der Waals surface area (Å²) in [5.74, 6) is 0. The molecule has 0 spiro atoms. The summed E-state index contributed by atoms with van der Waals surface area (Å²) in [7, 11) is 0. The van der Waals surface area contributed by atoms with E-state index in [0.29, 0.717) is 18.0 Å². The summed E-state index contributed by atoms with van der Waals surface area (Å²) < 4.78 is 0. The number of hydrogen-bond acceptors (Lipinski definition) is 2. The van der Waals surface area contributed by atoms with Gasteiger partial charge in [0.2, 0.25) is 0 Å². The number of nitrogens with zero attached hydrogens (tertiary/aromatic N) is 1. The normalized spacial score (nSPS) is 10.2. The molecule has 3 heteroatoms. The Hall–Kier alpha value is -1.67. The summed E-state index contributed by atoms with van der Waals surface area (Å²) >= 11 is 6.14. The van der Waals surface area contributed by atoms with Gasteiger partial charge in [0.05, 0.1) is 0 Å². The highest BCUT2D eigenvalue weighted by atomic mass is 35.5. The lowest BCUT2D eigenvalue weighted by Gasteiger charge is -2.05. The van der Waals surface area contributed by atoms with Crippen LogP contribution in [0.2, 0.25) is 5.15 Å². The lowest BCUT2D eigenvalue weighted by molar-refractivity contribution is -0.107. The molecule has 1 aromatic carbocycles. The van der Waals surface area contributed by atoms with Crippen molar-refractivity contribution in [2.24, 2.45) is 0 Å². The zero-order valence-corrected chi connectivity index (χ0v) is 10.0. The Labute approximate surface area is 105 Å². The van der Waals surface area contributed by atoms with Gasteiger partial charge in [-0.3, -0.25) is 0 Å². The van der Waals surface area contributed by atoms with Crippen LogP contribution in [0.3, 0.4) is 0 Å².